The van der Waals surface area contributed by atoms with Crippen LogP contribution in [0.4, 0.5) is 0 Å². The van der Waals surface area contributed by atoms with E-state index in [1.165, 1.54) is 6.92 Å². The zero-order chi connectivity index (χ0) is 36.5. The van der Waals surface area contributed by atoms with E-state index in [9.17, 15) is 9.59 Å². The molecule has 10 heteroatoms. The van der Waals surface area contributed by atoms with Crippen molar-refractivity contribution in [2.45, 2.75) is 150 Å². The summed E-state index contributed by atoms with van der Waals surface area (Å²) in [7, 11) is -0.358. The minimum atomic E-state index is -1.91. The molecule has 0 saturated carbocycles. The van der Waals surface area contributed by atoms with E-state index in [4.69, 9.17) is 32.8 Å². The summed E-state index contributed by atoms with van der Waals surface area (Å²) in [6, 6.07) is 0. The third-order valence-electron chi connectivity index (χ3n) is 9.73. The predicted molar refractivity (Wildman–Crippen MR) is 194 cm³/mol. The summed E-state index contributed by atoms with van der Waals surface area (Å²) in [5, 5.41) is 0. The fourth-order valence-electron chi connectivity index (χ4n) is 7.32. The maximum Gasteiger partial charge on any atom is 0.333 e. The number of esters is 2. The molecule has 1 aliphatic rings. The van der Waals surface area contributed by atoms with Crippen molar-refractivity contribution in [1.29, 1.82) is 0 Å². The molecule has 0 N–H and O–H groups in total. The lowest BCUT2D eigenvalue weighted by atomic mass is 9.89. The van der Waals surface area contributed by atoms with E-state index in [1.807, 2.05) is 25.2 Å². The SMILES string of the molecule is CCOC(=O)/C(C)=C/[C@H](C)C[C@H](OCOC)[C@H](/C=C\CC[C@@H](C)C1(CC[C@H](C)CO[Si](C(C)C)(C(C)C)C(C)C)OCCO1)OC(C)=O. The fourth-order valence-corrected chi connectivity index (χ4v) is 12.9. The van der Waals surface area contributed by atoms with Gasteiger partial charge >= 0.3 is 11.9 Å². The molecule has 1 heterocycles. The molecule has 0 amide bonds. The largest absolute Gasteiger partial charge is 0.463 e. The average Bonchev–Trinajstić information content (AvgIpc) is 3.49. The van der Waals surface area contributed by atoms with Crippen molar-refractivity contribution >= 4 is 20.3 Å². The van der Waals surface area contributed by atoms with Crippen molar-refractivity contribution in [3.63, 3.8) is 0 Å². The van der Waals surface area contributed by atoms with E-state index in [0.29, 0.717) is 54.4 Å². The van der Waals surface area contributed by atoms with Crippen molar-refractivity contribution in [2.75, 3.05) is 40.3 Å². The predicted octanol–water partition coefficient (Wildman–Crippen LogP) is 8.77. The van der Waals surface area contributed by atoms with Crippen LogP contribution >= 0.6 is 0 Å². The lowest BCUT2D eigenvalue weighted by Gasteiger charge is -2.43. The summed E-state index contributed by atoms with van der Waals surface area (Å²) < 4.78 is 41.5. The van der Waals surface area contributed by atoms with Crippen LogP contribution in [-0.2, 0) is 42.4 Å². The Morgan fingerprint density at radius 3 is 2.04 bits per heavy atom. The second-order valence-electron chi connectivity index (χ2n) is 14.7. The summed E-state index contributed by atoms with van der Waals surface area (Å²) in [5.41, 5.74) is 2.23. The minimum Gasteiger partial charge on any atom is -0.463 e. The Morgan fingerprint density at radius 2 is 1.52 bits per heavy atom. The van der Waals surface area contributed by atoms with Crippen molar-refractivity contribution in [3.8, 4) is 0 Å². The maximum absolute atomic E-state index is 12.1. The Balaban J connectivity index is 2.93. The second kappa shape index (κ2) is 22.3. The molecule has 1 saturated heterocycles. The summed E-state index contributed by atoms with van der Waals surface area (Å²) >= 11 is 0. The molecule has 0 spiro atoms. The van der Waals surface area contributed by atoms with Crippen LogP contribution in [0.2, 0.25) is 16.6 Å². The van der Waals surface area contributed by atoms with Gasteiger partial charge in [0.2, 0.25) is 0 Å². The molecule has 0 aromatic rings. The van der Waals surface area contributed by atoms with Gasteiger partial charge in [-0.1, -0.05) is 74.5 Å². The summed E-state index contributed by atoms with van der Waals surface area (Å²) in [4.78, 5) is 24.2. The lowest BCUT2D eigenvalue weighted by Crippen LogP contribution is -2.48. The van der Waals surface area contributed by atoms with Gasteiger partial charge in [-0.05, 0) is 74.1 Å². The number of ether oxygens (including phenoxy) is 6. The van der Waals surface area contributed by atoms with Crippen LogP contribution in [0.15, 0.2) is 23.8 Å². The standard InChI is InChI=1S/C38H70O9Si/c1-14-42-37(40)32(10)23-31(9)24-36(43-26-41-13)35(47-34(12)39)18-16-15-17-33(11)38(44-21-22-45-38)20-19-30(8)25-46-48(27(2)3,28(4)5)29(6)7/h16,18,23,27-31,33,35-36H,14-15,17,19-22,24-26H2,1-13H3/b18-16-,32-23+/t30-,31-,33+,35-,36-/m0/s1. The van der Waals surface area contributed by atoms with E-state index >= 15 is 0 Å². The molecule has 0 radical (unpaired) electrons. The summed E-state index contributed by atoms with van der Waals surface area (Å²) in [6.07, 6.45) is 8.64. The molecular formula is C38H70O9Si. The van der Waals surface area contributed by atoms with E-state index in [1.54, 1.807) is 21.0 Å². The molecular weight excluding hydrogens is 628 g/mol. The minimum absolute atomic E-state index is 0.0352. The number of hydrogen-bond acceptors (Lipinski definition) is 9. The van der Waals surface area contributed by atoms with Gasteiger partial charge in [0.15, 0.2) is 14.1 Å². The zero-order valence-electron chi connectivity index (χ0n) is 32.6. The second-order valence-corrected chi connectivity index (χ2v) is 20.1. The first-order valence-electron chi connectivity index (χ1n) is 18.3. The third kappa shape index (κ3) is 14.0. The Labute approximate surface area is 293 Å². The third-order valence-corrected chi connectivity index (χ3v) is 15.8. The highest BCUT2D eigenvalue weighted by atomic mass is 28.4. The van der Waals surface area contributed by atoms with Crippen molar-refractivity contribution in [2.24, 2.45) is 17.8 Å². The zero-order valence-corrected chi connectivity index (χ0v) is 33.6. The fraction of sp³-hybridized carbons (Fsp3) is 0.842. The van der Waals surface area contributed by atoms with Crippen LogP contribution in [0.3, 0.4) is 0 Å². The van der Waals surface area contributed by atoms with Gasteiger partial charge in [-0.15, -0.1) is 0 Å². The van der Waals surface area contributed by atoms with Crippen LogP contribution in [0.25, 0.3) is 0 Å². The van der Waals surface area contributed by atoms with Crippen molar-refractivity contribution in [3.05, 3.63) is 23.8 Å². The molecule has 48 heavy (non-hydrogen) atoms. The Hall–Kier alpha value is -1.56. The monoisotopic (exact) mass is 698 g/mol. The van der Waals surface area contributed by atoms with Crippen molar-refractivity contribution in [1.82, 2.24) is 0 Å². The highest BCUT2D eigenvalue weighted by Crippen LogP contribution is 2.43. The van der Waals surface area contributed by atoms with Crippen molar-refractivity contribution < 1.29 is 42.4 Å². The summed E-state index contributed by atoms with van der Waals surface area (Å²) in [6.45, 7) is 27.7. The van der Waals surface area contributed by atoms with Crippen LogP contribution in [0, 0.1) is 17.8 Å². The Morgan fingerprint density at radius 1 is 0.917 bits per heavy atom. The summed E-state index contributed by atoms with van der Waals surface area (Å²) in [5.74, 6) is -0.814. The van der Waals surface area contributed by atoms with Crippen LogP contribution < -0.4 is 0 Å². The first-order valence-corrected chi connectivity index (χ1v) is 20.4. The molecule has 1 aliphatic heterocycles. The van der Waals surface area contributed by atoms with E-state index in [0.717, 1.165) is 32.3 Å². The average molecular weight is 699 g/mol. The molecule has 1 rings (SSSR count). The van der Waals surface area contributed by atoms with E-state index < -0.39 is 32.3 Å². The molecule has 0 aromatic heterocycles. The molecule has 9 nitrogen and oxygen atoms in total. The van der Waals surface area contributed by atoms with Gasteiger partial charge in [0.1, 0.15) is 19.0 Å². The normalized spacial score (nSPS) is 18.8. The van der Waals surface area contributed by atoms with Crippen LogP contribution in [-0.4, -0.2) is 78.6 Å². The highest BCUT2D eigenvalue weighted by molar-refractivity contribution is 6.77. The molecule has 1 fully saturated rings. The van der Waals surface area contributed by atoms with Gasteiger partial charge in [-0.25, -0.2) is 4.79 Å². The smallest absolute Gasteiger partial charge is 0.333 e. The van der Waals surface area contributed by atoms with E-state index in [2.05, 4.69) is 55.4 Å². The van der Waals surface area contributed by atoms with Gasteiger partial charge < -0.3 is 32.8 Å². The van der Waals surface area contributed by atoms with Crippen LogP contribution in [0.5, 0.6) is 0 Å². The first kappa shape index (κ1) is 44.5. The number of allylic oxidation sites excluding steroid dienone is 2. The molecule has 5 atom stereocenters. The number of carbonyl (C=O) groups excluding carboxylic acids is 2. The van der Waals surface area contributed by atoms with Gasteiger partial charge in [0.25, 0.3) is 0 Å². The van der Waals surface area contributed by atoms with Gasteiger partial charge in [0.05, 0.1) is 19.8 Å². The Kier molecular flexibility index (Phi) is 20.7. The number of carbonyl (C=O) groups is 2. The molecule has 280 valence electrons. The number of methoxy groups -OCH3 is 1. The van der Waals surface area contributed by atoms with Crippen LogP contribution in [0.1, 0.15) is 115 Å². The molecule has 0 aliphatic carbocycles. The Bertz CT molecular complexity index is 965. The lowest BCUT2D eigenvalue weighted by molar-refractivity contribution is -0.199. The van der Waals surface area contributed by atoms with Gasteiger partial charge in [-0.3, -0.25) is 4.79 Å². The van der Waals surface area contributed by atoms with E-state index in [-0.39, 0.29) is 24.6 Å². The number of rotatable bonds is 24. The highest BCUT2D eigenvalue weighted by Gasteiger charge is 2.46. The molecule has 0 bridgehead atoms. The maximum atomic E-state index is 12.1. The quantitative estimate of drug-likeness (QED) is 0.0322. The van der Waals surface area contributed by atoms with Gasteiger partial charge in [-0.2, -0.15) is 0 Å². The number of hydrogen-bond donors (Lipinski definition) is 0. The topological polar surface area (TPSA) is 98.8 Å². The molecule has 0 aromatic carbocycles. The molecule has 0 unspecified atom stereocenters. The first-order chi connectivity index (χ1) is 22.6. The van der Waals surface area contributed by atoms with Gasteiger partial charge in [0, 0.05) is 38.6 Å².